The standard InChI is InChI=1S/C27H27Cl2FN4O5S/c28-17-5-10-23(20(29)12-17)40(38,39)33-13-21(31-25(35)16-3-4-16)26(36)34-22(11-15-1-6-18(30)7-2-15)27(37)32(14-24(33)34)19-8-9-19/h1-2,5-7,10,12,16,19,21-22,24H,3-4,8-9,11,13-14H2,(H,31,35). The molecule has 3 unspecified atom stereocenters. The molecule has 9 nitrogen and oxygen atoms in total. The van der Waals surface area contributed by atoms with E-state index in [2.05, 4.69) is 5.32 Å². The van der Waals surface area contributed by atoms with E-state index >= 15 is 0 Å². The fourth-order valence-electron chi connectivity index (χ4n) is 5.52. The Kier molecular flexibility index (Phi) is 7.05. The van der Waals surface area contributed by atoms with Crippen LogP contribution in [-0.2, 0) is 30.8 Å². The minimum Gasteiger partial charge on any atom is -0.343 e. The van der Waals surface area contributed by atoms with Crippen LogP contribution < -0.4 is 5.32 Å². The Morgan fingerprint density at radius 1 is 0.975 bits per heavy atom. The van der Waals surface area contributed by atoms with Crippen LogP contribution in [0.3, 0.4) is 0 Å². The van der Waals surface area contributed by atoms with E-state index in [1.165, 1.54) is 51.7 Å². The van der Waals surface area contributed by atoms with Crippen molar-refractivity contribution < 1.29 is 27.2 Å². The largest absolute Gasteiger partial charge is 0.343 e. The van der Waals surface area contributed by atoms with Gasteiger partial charge in [0.1, 0.15) is 29.0 Å². The molecule has 4 aliphatic rings. The van der Waals surface area contributed by atoms with E-state index in [0.29, 0.717) is 18.4 Å². The van der Waals surface area contributed by atoms with Gasteiger partial charge in [0.2, 0.25) is 27.7 Å². The second kappa shape index (κ2) is 10.3. The van der Waals surface area contributed by atoms with Crippen molar-refractivity contribution in [1.82, 2.24) is 19.4 Å². The zero-order chi connectivity index (χ0) is 28.3. The van der Waals surface area contributed by atoms with Crippen LogP contribution in [0.1, 0.15) is 31.2 Å². The lowest BCUT2D eigenvalue weighted by molar-refractivity contribution is -0.168. The Bertz CT molecular complexity index is 1480. The van der Waals surface area contributed by atoms with E-state index in [-0.39, 0.29) is 58.2 Å². The molecule has 0 aromatic heterocycles. The van der Waals surface area contributed by atoms with Crippen molar-refractivity contribution in [3.63, 3.8) is 0 Å². The molecule has 3 atom stereocenters. The molecule has 2 aromatic carbocycles. The third kappa shape index (κ3) is 5.08. The van der Waals surface area contributed by atoms with Crippen molar-refractivity contribution in [3.05, 3.63) is 63.9 Å². The minimum absolute atomic E-state index is 0.0110. The first-order valence-electron chi connectivity index (χ1n) is 13.2. The SMILES string of the molecule is O=C(NC1CN(S(=O)(=O)c2ccc(Cl)cc2Cl)C2CN(C3CC3)C(=O)C(Cc3ccc(F)cc3)N2C1=O)C1CC1. The molecule has 2 aliphatic carbocycles. The van der Waals surface area contributed by atoms with Crippen molar-refractivity contribution in [2.24, 2.45) is 5.92 Å². The summed E-state index contributed by atoms with van der Waals surface area (Å²) >= 11 is 12.4. The van der Waals surface area contributed by atoms with Gasteiger partial charge in [0.05, 0.1) is 11.6 Å². The van der Waals surface area contributed by atoms with Crippen LogP contribution in [0.2, 0.25) is 10.0 Å². The van der Waals surface area contributed by atoms with Gasteiger partial charge in [-0.15, -0.1) is 0 Å². The van der Waals surface area contributed by atoms with Crippen LogP contribution in [0.4, 0.5) is 4.39 Å². The maximum absolute atomic E-state index is 14.1. The van der Waals surface area contributed by atoms with E-state index in [4.69, 9.17) is 23.2 Å². The third-order valence-electron chi connectivity index (χ3n) is 7.91. The summed E-state index contributed by atoms with van der Waals surface area (Å²) in [5.74, 6) is -1.80. The molecule has 2 saturated heterocycles. The molecule has 2 saturated carbocycles. The van der Waals surface area contributed by atoms with Crippen molar-refractivity contribution in [3.8, 4) is 0 Å². The van der Waals surface area contributed by atoms with Gasteiger partial charge in [0, 0.05) is 29.9 Å². The average molecular weight is 610 g/mol. The molecule has 13 heteroatoms. The number of hydrogen-bond donors (Lipinski definition) is 1. The first kappa shape index (κ1) is 27.4. The molecule has 2 aromatic rings. The highest BCUT2D eigenvalue weighted by atomic mass is 35.5. The predicted octanol–water partition coefficient (Wildman–Crippen LogP) is 2.80. The summed E-state index contributed by atoms with van der Waals surface area (Å²) in [5.41, 5.74) is 0.614. The molecule has 0 radical (unpaired) electrons. The lowest BCUT2D eigenvalue weighted by Gasteiger charge is -2.53. The Morgan fingerprint density at radius 2 is 1.68 bits per heavy atom. The van der Waals surface area contributed by atoms with Gasteiger partial charge in [-0.1, -0.05) is 35.3 Å². The lowest BCUT2D eigenvalue weighted by atomic mass is 9.97. The minimum atomic E-state index is -4.31. The van der Waals surface area contributed by atoms with Crippen molar-refractivity contribution in [2.45, 2.75) is 61.3 Å². The molecule has 0 spiro atoms. The van der Waals surface area contributed by atoms with E-state index in [0.717, 1.165) is 12.8 Å². The van der Waals surface area contributed by atoms with Gasteiger partial charge >= 0.3 is 0 Å². The second-order valence-electron chi connectivity index (χ2n) is 10.8. The van der Waals surface area contributed by atoms with Gasteiger partial charge < -0.3 is 15.1 Å². The summed E-state index contributed by atoms with van der Waals surface area (Å²) in [6.07, 6.45) is 2.00. The number of halogens is 3. The van der Waals surface area contributed by atoms with Crippen molar-refractivity contribution in [2.75, 3.05) is 13.1 Å². The number of carbonyl (C=O) groups is 3. The summed E-state index contributed by atoms with van der Waals surface area (Å²) in [6.45, 7) is -0.321. The molecular weight excluding hydrogens is 582 g/mol. The quantitative estimate of drug-likeness (QED) is 0.520. The predicted molar refractivity (Wildman–Crippen MR) is 144 cm³/mol. The number of carbonyl (C=O) groups excluding carboxylic acids is 3. The molecule has 4 fully saturated rings. The first-order chi connectivity index (χ1) is 19.0. The molecular formula is C27H27Cl2FN4O5S. The van der Waals surface area contributed by atoms with Crippen LogP contribution in [0, 0.1) is 11.7 Å². The molecule has 2 aliphatic heterocycles. The Morgan fingerprint density at radius 3 is 2.30 bits per heavy atom. The number of fused-ring (bicyclic) bond motifs is 1. The molecule has 0 bridgehead atoms. The molecule has 40 heavy (non-hydrogen) atoms. The molecule has 3 amide bonds. The van der Waals surface area contributed by atoms with E-state index < -0.39 is 40.0 Å². The van der Waals surface area contributed by atoms with Crippen molar-refractivity contribution >= 4 is 50.9 Å². The van der Waals surface area contributed by atoms with Crippen LogP contribution >= 0.6 is 23.2 Å². The second-order valence-corrected chi connectivity index (χ2v) is 13.5. The fraction of sp³-hybridized carbons (Fsp3) is 0.444. The highest BCUT2D eigenvalue weighted by Crippen LogP contribution is 2.38. The van der Waals surface area contributed by atoms with Gasteiger partial charge in [-0.2, -0.15) is 4.31 Å². The Labute approximate surface area is 241 Å². The number of benzene rings is 2. The Balaban J connectivity index is 1.43. The van der Waals surface area contributed by atoms with Crippen LogP contribution in [0.25, 0.3) is 0 Å². The van der Waals surface area contributed by atoms with Crippen LogP contribution in [0.15, 0.2) is 47.4 Å². The molecule has 2 heterocycles. The number of hydrogen-bond acceptors (Lipinski definition) is 5. The normalized spacial score (nSPS) is 25.6. The van der Waals surface area contributed by atoms with Gasteiger partial charge in [0.25, 0.3) is 0 Å². The number of nitrogens with zero attached hydrogens (tertiary/aromatic N) is 3. The fourth-order valence-corrected chi connectivity index (χ4v) is 7.85. The number of amides is 3. The van der Waals surface area contributed by atoms with E-state index in [9.17, 15) is 27.2 Å². The highest BCUT2D eigenvalue weighted by Gasteiger charge is 2.56. The zero-order valence-electron chi connectivity index (χ0n) is 21.3. The summed E-state index contributed by atoms with van der Waals surface area (Å²) < 4.78 is 43.1. The number of piperazine rings is 1. The average Bonchev–Trinajstić information content (AvgIpc) is 3.81. The van der Waals surface area contributed by atoms with Gasteiger partial charge in [-0.05, 0) is 61.6 Å². The molecule has 1 N–H and O–H groups in total. The zero-order valence-corrected chi connectivity index (χ0v) is 23.6. The summed E-state index contributed by atoms with van der Waals surface area (Å²) in [7, 11) is -4.31. The van der Waals surface area contributed by atoms with E-state index in [1.54, 1.807) is 4.90 Å². The highest BCUT2D eigenvalue weighted by molar-refractivity contribution is 7.89. The third-order valence-corrected chi connectivity index (χ3v) is 10.5. The van der Waals surface area contributed by atoms with Crippen molar-refractivity contribution in [1.29, 1.82) is 0 Å². The topological polar surface area (TPSA) is 107 Å². The van der Waals surface area contributed by atoms with E-state index in [1.807, 2.05) is 0 Å². The first-order valence-corrected chi connectivity index (χ1v) is 15.4. The number of rotatable bonds is 7. The maximum atomic E-state index is 14.1. The summed E-state index contributed by atoms with van der Waals surface area (Å²) in [5, 5.41) is 2.91. The Hall–Kier alpha value is -2.73. The smallest absolute Gasteiger partial charge is 0.248 e. The van der Waals surface area contributed by atoms with Gasteiger partial charge in [0.15, 0.2) is 0 Å². The summed E-state index contributed by atoms with van der Waals surface area (Å²) in [6, 6.07) is 7.39. The van der Waals surface area contributed by atoms with Crippen LogP contribution in [-0.4, -0.2) is 77.6 Å². The van der Waals surface area contributed by atoms with Gasteiger partial charge in [-0.25, -0.2) is 12.8 Å². The molecule has 212 valence electrons. The summed E-state index contributed by atoms with van der Waals surface area (Å²) in [4.78, 5) is 43.3. The molecule has 6 rings (SSSR count). The monoisotopic (exact) mass is 608 g/mol. The number of nitrogens with one attached hydrogen (secondary N) is 1. The van der Waals surface area contributed by atoms with Crippen LogP contribution in [0.5, 0.6) is 0 Å². The van der Waals surface area contributed by atoms with Gasteiger partial charge in [-0.3, -0.25) is 14.4 Å². The maximum Gasteiger partial charge on any atom is 0.248 e. The lowest BCUT2D eigenvalue weighted by Crippen LogP contribution is -2.76. The number of sulfonamides is 1.